The van der Waals surface area contributed by atoms with Crippen LogP contribution in [0.25, 0.3) is 0 Å². The highest BCUT2D eigenvalue weighted by Crippen LogP contribution is 2.02. The van der Waals surface area contributed by atoms with E-state index in [0.29, 0.717) is 6.42 Å². The molecular formula is C9H17NO3. The monoisotopic (exact) mass is 187 g/mol. The Balaban J connectivity index is 3.62. The average molecular weight is 187 g/mol. The van der Waals surface area contributed by atoms with Gasteiger partial charge in [0, 0.05) is 12.8 Å². The highest BCUT2D eigenvalue weighted by atomic mass is 16.4. The third kappa shape index (κ3) is 6.28. The maximum Gasteiger partial charge on any atom is 0.303 e. The van der Waals surface area contributed by atoms with E-state index >= 15 is 0 Å². The lowest BCUT2D eigenvalue weighted by atomic mass is 10.0. The molecule has 0 aliphatic heterocycles. The molecule has 0 radical (unpaired) electrons. The fraction of sp³-hybridized carbons (Fsp3) is 0.778. The Kier molecular flexibility index (Phi) is 6.14. The predicted molar refractivity (Wildman–Crippen MR) is 49.4 cm³/mol. The SMILES string of the molecule is CCCCC(=O)C(N)CCC(=O)O. The molecule has 0 aromatic rings. The molecule has 4 nitrogen and oxygen atoms in total. The van der Waals surface area contributed by atoms with Crippen LogP contribution < -0.4 is 5.73 Å². The lowest BCUT2D eigenvalue weighted by Gasteiger charge is -2.07. The Morgan fingerprint density at radius 3 is 2.46 bits per heavy atom. The van der Waals surface area contributed by atoms with Crippen LogP contribution in [0.15, 0.2) is 0 Å². The summed E-state index contributed by atoms with van der Waals surface area (Å²) in [6, 6.07) is -0.595. The van der Waals surface area contributed by atoms with Gasteiger partial charge in [-0.15, -0.1) is 0 Å². The Morgan fingerprint density at radius 2 is 2.00 bits per heavy atom. The van der Waals surface area contributed by atoms with E-state index < -0.39 is 12.0 Å². The van der Waals surface area contributed by atoms with Gasteiger partial charge in [-0.1, -0.05) is 13.3 Å². The molecule has 4 heteroatoms. The largest absolute Gasteiger partial charge is 0.481 e. The van der Waals surface area contributed by atoms with Crippen LogP contribution >= 0.6 is 0 Å². The lowest BCUT2D eigenvalue weighted by molar-refractivity contribution is -0.137. The second kappa shape index (κ2) is 6.60. The van der Waals surface area contributed by atoms with Crippen LogP contribution in [-0.4, -0.2) is 22.9 Å². The van der Waals surface area contributed by atoms with E-state index in [9.17, 15) is 9.59 Å². The molecule has 1 atom stereocenters. The number of hydrogen-bond acceptors (Lipinski definition) is 3. The number of carboxylic acid groups (broad SMARTS) is 1. The van der Waals surface area contributed by atoms with Gasteiger partial charge in [-0.05, 0) is 12.8 Å². The third-order valence-electron chi connectivity index (χ3n) is 1.86. The van der Waals surface area contributed by atoms with Crippen LogP contribution in [0.3, 0.4) is 0 Å². The van der Waals surface area contributed by atoms with E-state index in [-0.39, 0.29) is 18.6 Å². The second-order valence-corrected chi connectivity index (χ2v) is 3.11. The topological polar surface area (TPSA) is 80.4 Å². The van der Waals surface area contributed by atoms with Crippen molar-refractivity contribution in [1.82, 2.24) is 0 Å². The minimum absolute atomic E-state index is 0.0249. The summed E-state index contributed by atoms with van der Waals surface area (Å²) in [7, 11) is 0. The number of unbranched alkanes of at least 4 members (excludes halogenated alkanes) is 1. The summed E-state index contributed by atoms with van der Waals surface area (Å²) in [5.41, 5.74) is 5.49. The summed E-state index contributed by atoms with van der Waals surface area (Å²) in [4.78, 5) is 21.4. The predicted octanol–water partition coefficient (Wildman–Crippen LogP) is 0.938. The minimum atomic E-state index is -0.904. The highest BCUT2D eigenvalue weighted by Gasteiger charge is 2.13. The van der Waals surface area contributed by atoms with Crippen LogP contribution in [0, 0.1) is 0 Å². The Labute approximate surface area is 78.1 Å². The van der Waals surface area contributed by atoms with E-state index in [2.05, 4.69) is 0 Å². The number of Topliss-reactive ketones (excluding diaryl/α,β-unsaturated/α-hetero) is 1. The standard InChI is InChI=1S/C9H17NO3/c1-2-3-4-8(11)7(10)5-6-9(12)13/h7H,2-6,10H2,1H3,(H,12,13). The van der Waals surface area contributed by atoms with E-state index in [0.717, 1.165) is 12.8 Å². The molecule has 0 fully saturated rings. The highest BCUT2D eigenvalue weighted by molar-refractivity contribution is 5.84. The molecule has 76 valence electrons. The van der Waals surface area contributed by atoms with E-state index in [1.807, 2.05) is 6.92 Å². The number of nitrogens with two attached hydrogens (primary N) is 1. The van der Waals surface area contributed by atoms with Crippen molar-refractivity contribution >= 4 is 11.8 Å². The summed E-state index contributed by atoms with van der Waals surface area (Å²) in [6.07, 6.45) is 2.48. The van der Waals surface area contributed by atoms with Gasteiger partial charge in [0.2, 0.25) is 0 Å². The molecule has 13 heavy (non-hydrogen) atoms. The molecule has 0 heterocycles. The number of carboxylic acids is 1. The van der Waals surface area contributed by atoms with Gasteiger partial charge in [-0.3, -0.25) is 9.59 Å². The zero-order valence-electron chi connectivity index (χ0n) is 7.95. The molecule has 0 aromatic carbocycles. The first-order valence-electron chi connectivity index (χ1n) is 4.58. The fourth-order valence-electron chi connectivity index (χ4n) is 0.976. The molecule has 3 N–H and O–H groups in total. The van der Waals surface area contributed by atoms with Crippen LogP contribution in [0.2, 0.25) is 0 Å². The number of carbonyl (C=O) groups is 2. The van der Waals surface area contributed by atoms with Crippen LogP contribution in [0.4, 0.5) is 0 Å². The second-order valence-electron chi connectivity index (χ2n) is 3.11. The van der Waals surface area contributed by atoms with Crippen molar-refractivity contribution < 1.29 is 14.7 Å². The average Bonchev–Trinajstić information content (AvgIpc) is 2.10. The van der Waals surface area contributed by atoms with Crippen molar-refractivity contribution in [2.45, 2.75) is 45.1 Å². The van der Waals surface area contributed by atoms with Gasteiger partial charge >= 0.3 is 5.97 Å². The molecule has 0 spiro atoms. The molecule has 0 bridgehead atoms. The molecule has 0 saturated heterocycles. The van der Waals surface area contributed by atoms with Crippen LogP contribution in [0.1, 0.15) is 39.0 Å². The molecular weight excluding hydrogens is 170 g/mol. The van der Waals surface area contributed by atoms with Gasteiger partial charge in [0.1, 0.15) is 5.78 Å². The first kappa shape index (κ1) is 12.1. The zero-order chi connectivity index (χ0) is 10.3. The van der Waals surface area contributed by atoms with Crippen LogP contribution in [0.5, 0.6) is 0 Å². The summed E-state index contributed by atoms with van der Waals surface area (Å²) in [5.74, 6) is -0.929. The lowest BCUT2D eigenvalue weighted by Crippen LogP contribution is -2.30. The Hall–Kier alpha value is -0.900. The van der Waals surface area contributed by atoms with E-state index in [1.54, 1.807) is 0 Å². The molecule has 0 saturated carbocycles. The summed E-state index contributed by atoms with van der Waals surface area (Å²) < 4.78 is 0. The minimum Gasteiger partial charge on any atom is -0.481 e. The molecule has 0 amide bonds. The Morgan fingerprint density at radius 1 is 1.38 bits per heavy atom. The summed E-state index contributed by atoms with van der Waals surface area (Å²) in [6.45, 7) is 2.00. The van der Waals surface area contributed by atoms with Gasteiger partial charge < -0.3 is 10.8 Å². The third-order valence-corrected chi connectivity index (χ3v) is 1.86. The quantitative estimate of drug-likeness (QED) is 0.621. The normalized spacial score (nSPS) is 12.5. The van der Waals surface area contributed by atoms with Gasteiger partial charge in [0.05, 0.1) is 6.04 Å². The molecule has 0 aliphatic carbocycles. The van der Waals surface area contributed by atoms with Crippen molar-refractivity contribution in [1.29, 1.82) is 0 Å². The van der Waals surface area contributed by atoms with Crippen molar-refractivity contribution in [3.63, 3.8) is 0 Å². The first-order chi connectivity index (χ1) is 6.07. The van der Waals surface area contributed by atoms with Gasteiger partial charge in [0.15, 0.2) is 0 Å². The Bertz CT molecular complexity index is 180. The van der Waals surface area contributed by atoms with Crippen molar-refractivity contribution in [3.05, 3.63) is 0 Å². The summed E-state index contributed by atoms with van der Waals surface area (Å²) in [5, 5.41) is 8.35. The van der Waals surface area contributed by atoms with Crippen molar-refractivity contribution in [3.8, 4) is 0 Å². The zero-order valence-corrected chi connectivity index (χ0v) is 7.95. The molecule has 0 aromatic heterocycles. The summed E-state index contributed by atoms with van der Waals surface area (Å²) >= 11 is 0. The number of carbonyl (C=O) groups excluding carboxylic acids is 1. The fourth-order valence-corrected chi connectivity index (χ4v) is 0.976. The molecule has 0 rings (SSSR count). The maximum atomic E-state index is 11.2. The van der Waals surface area contributed by atoms with Gasteiger partial charge in [0.25, 0.3) is 0 Å². The maximum absolute atomic E-state index is 11.2. The van der Waals surface area contributed by atoms with Crippen LogP contribution in [-0.2, 0) is 9.59 Å². The van der Waals surface area contributed by atoms with Crippen molar-refractivity contribution in [2.24, 2.45) is 5.73 Å². The van der Waals surface area contributed by atoms with Gasteiger partial charge in [-0.25, -0.2) is 0 Å². The first-order valence-corrected chi connectivity index (χ1v) is 4.58. The number of ketones is 1. The van der Waals surface area contributed by atoms with E-state index in [4.69, 9.17) is 10.8 Å². The molecule has 0 aliphatic rings. The number of aliphatic carboxylic acids is 1. The van der Waals surface area contributed by atoms with E-state index in [1.165, 1.54) is 0 Å². The molecule has 1 unspecified atom stereocenters. The smallest absolute Gasteiger partial charge is 0.303 e. The number of hydrogen-bond donors (Lipinski definition) is 2. The van der Waals surface area contributed by atoms with Crippen molar-refractivity contribution in [2.75, 3.05) is 0 Å². The number of rotatable bonds is 7. The van der Waals surface area contributed by atoms with Gasteiger partial charge in [-0.2, -0.15) is 0 Å².